The van der Waals surface area contributed by atoms with E-state index in [4.69, 9.17) is 5.11 Å². The summed E-state index contributed by atoms with van der Waals surface area (Å²) in [5, 5.41) is 8.58. The second-order valence-corrected chi connectivity index (χ2v) is 4.21. The summed E-state index contributed by atoms with van der Waals surface area (Å²) >= 11 is 1.66. The van der Waals surface area contributed by atoms with Gasteiger partial charge in [-0.15, -0.1) is 13.2 Å². The summed E-state index contributed by atoms with van der Waals surface area (Å²) in [5.41, 5.74) is 0.589. The first-order chi connectivity index (χ1) is 7.70. The third-order valence-electron chi connectivity index (χ3n) is 1.86. The van der Waals surface area contributed by atoms with Crippen molar-refractivity contribution in [3.05, 3.63) is 21.0 Å². The van der Waals surface area contributed by atoms with E-state index in [1.54, 1.807) is 22.6 Å². The minimum atomic E-state index is -4.79. The first-order valence-corrected chi connectivity index (χ1v) is 5.40. The molecule has 1 aromatic heterocycles. The van der Waals surface area contributed by atoms with E-state index in [1.807, 2.05) is 0 Å². The second-order valence-electron chi connectivity index (χ2n) is 3.13. The van der Waals surface area contributed by atoms with E-state index >= 15 is 0 Å². The lowest BCUT2D eigenvalue weighted by Crippen LogP contribution is -2.18. The maximum Gasteiger partial charge on any atom is 0.573 e. The molecule has 17 heavy (non-hydrogen) atoms. The maximum atomic E-state index is 12.0. The van der Waals surface area contributed by atoms with Gasteiger partial charge in [-0.2, -0.15) is 0 Å². The summed E-state index contributed by atoms with van der Waals surface area (Å²) in [7, 11) is 0. The lowest BCUT2D eigenvalue weighted by molar-refractivity contribution is -0.275. The largest absolute Gasteiger partial charge is 0.573 e. The molecule has 0 aromatic carbocycles. The average Bonchev–Trinajstić information content (AvgIpc) is 2.15. The molecule has 0 atom stereocenters. The molecule has 0 aliphatic rings. The van der Waals surface area contributed by atoms with Crippen molar-refractivity contribution in [3.8, 4) is 5.75 Å². The molecule has 0 fully saturated rings. The fourth-order valence-corrected chi connectivity index (χ4v) is 1.68. The SMILES string of the molecule is Cc1c(CC(=O)O)ncc(OC(F)(F)F)c1I. The molecule has 1 aromatic rings. The zero-order chi connectivity index (χ0) is 13.2. The van der Waals surface area contributed by atoms with Crippen LogP contribution in [0.15, 0.2) is 6.20 Å². The molecular weight excluding hydrogens is 354 g/mol. The smallest absolute Gasteiger partial charge is 0.481 e. The molecule has 0 aliphatic carbocycles. The van der Waals surface area contributed by atoms with E-state index in [1.165, 1.54) is 6.92 Å². The number of carboxylic acids is 1. The predicted octanol–water partition coefficient (Wildman–Crippen LogP) is 2.52. The highest BCUT2D eigenvalue weighted by Crippen LogP contribution is 2.30. The number of alkyl halides is 3. The number of hydrogen-bond donors (Lipinski definition) is 1. The number of carbonyl (C=O) groups is 1. The highest BCUT2D eigenvalue weighted by atomic mass is 127. The third kappa shape index (κ3) is 4.02. The summed E-state index contributed by atoms with van der Waals surface area (Å²) < 4.78 is 40.0. The highest BCUT2D eigenvalue weighted by Gasteiger charge is 2.32. The van der Waals surface area contributed by atoms with Crippen LogP contribution in [-0.2, 0) is 11.2 Å². The Balaban J connectivity index is 3.06. The number of nitrogens with zero attached hydrogens (tertiary/aromatic N) is 1. The zero-order valence-corrected chi connectivity index (χ0v) is 10.7. The van der Waals surface area contributed by atoms with E-state index < -0.39 is 18.1 Å². The van der Waals surface area contributed by atoms with E-state index in [2.05, 4.69) is 9.72 Å². The predicted molar refractivity (Wildman–Crippen MR) is 59.7 cm³/mol. The minimum Gasteiger partial charge on any atom is -0.481 e. The number of aliphatic carboxylic acids is 1. The van der Waals surface area contributed by atoms with Crippen molar-refractivity contribution in [2.75, 3.05) is 0 Å². The molecule has 4 nitrogen and oxygen atoms in total. The number of halogens is 4. The van der Waals surface area contributed by atoms with E-state index in [9.17, 15) is 18.0 Å². The summed E-state index contributed by atoms with van der Waals surface area (Å²) in [6.07, 6.45) is -4.25. The quantitative estimate of drug-likeness (QED) is 0.841. The Bertz CT molecular complexity index is 448. The first kappa shape index (κ1) is 14.0. The van der Waals surface area contributed by atoms with Gasteiger partial charge < -0.3 is 9.84 Å². The maximum absolute atomic E-state index is 12.0. The zero-order valence-electron chi connectivity index (χ0n) is 8.51. The molecule has 1 rings (SSSR count). The molecule has 0 amide bonds. The molecule has 94 valence electrons. The topological polar surface area (TPSA) is 59.4 Å². The van der Waals surface area contributed by atoms with Gasteiger partial charge in [-0.1, -0.05) is 0 Å². The Hall–Kier alpha value is -1.06. The van der Waals surface area contributed by atoms with Gasteiger partial charge in [-0.05, 0) is 35.1 Å². The summed E-state index contributed by atoms with van der Waals surface area (Å²) in [5.74, 6) is -1.52. The molecule has 0 bridgehead atoms. The van der Waals surface area contributed by atoms with Crippen LogP contribution in [0.1, 0.15) is 11.3 Å². The van der Waals surface area contributed by atoms with Crippen molar-refractivity contribution in [3.63, 3.8) is 0 Å². The first-order valence-electron chi connectivity index (χ1n) is 4.32. The Morgan fingerprint density at radius 1 is 1.59 bits per heavy atom. The van der Waals surface area contributed by atoms with Crippen molar-refractivity contribution in [2.24, 2.45) is 0 Å². The molecular formula is C9H7F3INO3. The molecule has 0 aliphatic heterocycles. The van der Waals surface area contributed by atoms with Crippen molar-refractivity contribution in [2.45, 2.75) is 19.7 Å². The lowest BCUT2D eigenvalue weighted by atomic mass is 10.1. The molecule has 0 unspecified atom stereocenters. The van der Waals surface area contributed by atoms with Gasteiger partial charge in [0.1, 0.15) is 0 Å². The van der Waals surface area contributed by atoms with Gasteiger partial charge in [0.05, 0.1) is 21.9 Å². The fourth-order valence-electron chi connectivity index (χ4n) is 1.12. The number of pyridine rings is 1. The van der Waals surface area contributed by atoms with Crippen LogP contribution >= 0.6 is 22.6 Å². The van der Waals surface area contributed by atoms with Gasteiger partial charge >= 0.3 is 12.3 Å². The summed E-state index contributed by atoms with van der Waals surface area (Å²) in [6, 6.07) is 0. The van der Waals surface area contributed by atoms with Gasteiger partial charge in [0.15, 0.2) is 5.75 Å². The van der Waals surface area contributed by atoms with E-state index in [-0.39, 0.29) is 15.7 Å². The van der Waals surface area contributed by atoms with Gasteiger partial charge in [-0.25, -0.2) is 0 Å². The molecule has 1 heterocycles. The van der Waals surface area contributed by atoms with Crippen LogP contribution in [0.4, 0.5) is 13.2 Å². The van der Waals surface area contributed by atoms with Crippen molar-refractivity contribution < 1.29 is 27.8 Å². The minimum absolute atomic E-state index is 0.200. The molecule has 8 heteroatoms. The van der Waals surface area contributed by atoms with Gasteiger partial charge in [0, 0.05) is 0 Å². The third-order valence-corrected chi connectivity index (χ3v) is 3.20. The molecule has 0 spiro atoms. The highest BCUT2D eigenvalue weighted by molar-refractivity contribution is 14.1. The number of carboxylic acid groups (broad SMARTS) is 1. The Morgan fingerprint density at radius 3 is 2.65 bits per heavy atom. The fraction of sp³-hybridized carbons (Fsp3) is 0.333. The van der Waals surface area contributed by atoms with E-state index in [0.29, 0.717) is 5.56 Å². The summed E-state index contributed by atoms with van der Waals surface area (Å²) in [6.45, 7) is 1.50. The van der Waals surface area contributed by atoms with Crippen LogP contribution in [-0.4, -0.2) is 22.4 Å². The Morgan fingerprint density at radius 2 is 2.18 bits per heavy atom. The van der Waals surface area contributed by atoms with Crippen LogP contribution < -0.4 is 4.74 Å². The molecule has 0 saturated heterocycles. The van der Waals surface area contributed by atoms with Crippen LogP contribution in [0.25, 0.3) is 0 Å². The number of ether oxygens (including phenoxy) is 1. The average molecular weight is 361 g/mol. The molecule has 0 saturated carbocycles. The Kier molecular flexibility index (Phi) is 4.17. The van der Waals surface area contributed by atoms with Gasteiger partial charge in [0.25, 0.3) is 0 Å². The lowest BCUT2D eigenvalue weighted by Gasteiger charge is -2.13. The normalized spacial score (nSPS) is 11.4. The molecule has 1 N–H and O–H groups in total. The van der Waals surface area contributed by atoms with Gasteiger partial charge in [0.2, 0.25) is 0 Å². The number of rotatable bonds is 3. The van der Waals surface area contributed by atoms with Crippen LogP contribution in [0.3, 0.4) is 0 Å². The van der Waals surface area contributed by atoms with Crippen LogP contribution in [0.2, 0.25) is 0 Å². The monoisotopic (exact) mass is 361 g/mol. The number of hydrogen-bond acceptors (Lipinski definition) is 3. The van der Waals surface area contributed by atoms with Crippen molar-refractivity contribution >= 4 is 28.6 Å². The molecule has 0 radical (unpaired) electrons. The van der Waals surface area contributed by atoms with Crippen LogP contribution in [0.5, 0.6) is 5.75 Å². The van der Waals surface area contributed by atoms with Gasteiger partial charge in [-0.3, -0.25) is 9.78 Å². The second kappa shape index (κ2) is 5.07. The van der Waals surface area contributed by atoms with Crippen molar-refractivity contribution in [1.82, 2.24) is 4.98 Å². The van der Waals surface area contributed by atoms with E-state index in [0.717, 1.165) is 6.20 Å². The summed E-state index contributed by atoms with van der Waals surface area (Å²) in [4.78, 5) is 14.1. The standard InChI is InChI=1S/C9H7F3INO3/c1-4-5(2-7(15)16)14-3-6(8(4)13)17-9(10,11)12/h3H,2H2,1H3,(H,15,16). The Labute approximate surface area is 108 Å². The van der Waals surface area contributed by atoms with Crippen LogP contribution in [0, 0.1) is 10.5 Å². The number of aromatic nitrogens is 1. The van der Waals surface area contributed by atoms with Crippen molar-refractivity contribution in [1.29, 1.82) is 0 Å².